The Morgan fingerprint density at radius 1 is 1.50 bits per heavy atom. The third-order valence-corrected chi connectivity index (χ3v) is 4.29. The zero-order valence-corrected chi connectivity index (χ0v) is 11.2. The first-order chi connectivity index (χ1) is 8.59. The summed E-state index contributed by atoms with van der Waals surface area (Å²) in [5.74, 6) is 0.796. The van der Waals surface area contributed by atoms with Gasteiger partial charge in [0.2, 0.25) is 16.0 Å². The van der Waals surface area contributed by atoms with Gasteiger partial charge in [-0.15, -0.1) is 5.10 Å². The molecule has 8 heteroatoms. The van der Waals surface area contributed by atoms with E-state index in [4.69, 9.17) is 4.74 Å². The number of nitrogens with zero attached hydrogens (tertiary/aromatic N) is 2. The topological polar surface area (TPSA) is 97.0 Å². The van der Waals surface area contributed by atoms with Crippen LogP contribution in [0, 0.1) is 5.92 Å². The summed E-state index contributed by atoms with van der Waals surface area (Å²) in [5.41, 5.74) is 0. The molecule has 0 spiro atoms. The number of sulfonamides is 1. The maximum Gasteiger partial charge on any atom is 0.337 e. The molecule has 1 aliphatic rings. The van der Waals surface area contributed by atoms with Crippen LogP contribution in [0.3, 0.4) is 0 Å². The van der Waals surface area contributed by atoms with Crippen LogP contribution in [0.2, 0.25) is 0 Å². The number of nitrogens with one attached hydrogen (secondary N) is 2. The molecule has 1 aromatic heterocycles. The van der Waals surface area contributed by atoms with Gasteiger partial charge in [0.25, 0.3) is 0 Å². The van der Waals surface area contributed by atoms with Crippen LogP contribution in [-0.4, -0.2) is 36.0 Å². The number of anilines is 1. The van der Waals surface area contributed by atoms with Gasteiger partial charge in [-0.3, -0.25) is 4.72 Å². The number of hydrogen-bond acceptors (Lipinski definition) is 5. The highest BCUT2D eigenvalue weighted by Gasteiger charge is 2.21. The van der Waals surface area contributed by atoms with E-state index in [2.05, 4.69) is 19.9 Å². The second-order valence-electron chi connectivity index (χ2n) is 4.41. The summed E-state index contributed by atoms with van der Waals surface area (Å²) in [6.07, 6.45) is 4.22. The Morgan fingerprint density at radius 2 is 2.28 bits per heavy atom. The number of H-pyrrole nitrogens is 1. The number of hydrogen-bond donors (Lipinski definition) is 2. The van der Waals surface area contributed by atoms with Crippen molar-refractivity contribution in [3.63, 3.8) is 0 Å². The van der Waals surface area contributed by atoms with E-state index in [1.165, 1.54) is 6.42 Å². The molecule has 0 bridgehead atoms. The lowest BCUT2D eigenvalue weighted by molar-refractivity contribution is 0.307. The van der Waals surface area contributed by atoms with E-state index >= 15 is 0 Å². The van der Waals surface area contributed by atoms with Crippen molar-refractivity contribution in [2.24, 2.45) is 5.92 Å². The predicted molar refractivity (Wildman–Crippen MR) is 66.9 cm³/mol. The Morgan fingerprint density at radius 3 is 2.89 bits per heavy atom. The fraction of sp³-hybridized carbons (Fsp3) is 0.800. The fourth-order valence-corrected chi connectivity index (χ4v) is 2.92. The van der Waals surface area contributed by atoms with E-state index in [1.807, 2.05) is 0 Å². The molecular formula is C10H18N4O3S. The molecule has 0 unspecified atom stereocenters. The van der Waals surface area contributed by atoms with Crippen LogP contribution in [0.5, 0.6) is 6.01 Å². The first kappa shape index (κ1) is 13.1. The van der Waals surface area contributed by atoms with Gasteiger partial charge in [-0.05, 0) is 19.3 Å². The molecule has 1 aromatic rings. The van der Waals surface area contributed by atoms with Crippen LogP contribution >= 0.6 is 0 Å². The van der Waals surface area contributed by atoms with Crippen molar-refractivity contribution in [2.75, 3.05) is 17.1 Å². The lowest BCUT2D eigenvalue weighted by Gasteiger charge is -2.24. The molecule has 0 aliphatic heterocycles. The molecule has 0 saturated heterocycles. The summed E-state index contributed by atoms with van der Waals surface area (Å²) in [7, 11) is -3.35. The molecule has 0 atom stereocenters. The van der Waals surface area contributed by atoms with Gasteiger partial charge in [0.1, 0.15) is 0 Å². The molecule has 18 heavy (non-hydrogen) atoms. The van der Waals surface area contributed by atoms with Gasteiger partial charge >= 0.3 is 6.01 Å². The van der Waals surface area contributed by atoms with E-state index in [9.17, 15) is 8.42 Å². The Kier molecular flexibility index (Phi) is 4.05. The highest BCUT2D eigenvalue weighted by Crippen LogP contribution is 2.29. The SMILES string of the molecule is CCOc1n[nH]c(NS(=O)(=O)CCC2CCC2)n1. The Bertz CT molecular complexity index is 481. The molecule has 0 amide bonds. The molecular weight excluding hydrogens is 256 g/mol. The Balaban J connectivity index is 1.85. The number of ether oxygens (including phenoxy) is 1. The first-order valence-corrected chi connectivity index (χ1v) is 7.80. The average Bonchev–Trinajstić information content (AvgIpc) is 2.62. The van der Waals surface area contributed by atoms with Gasteiger partial charge < -0.3 is 4.74 Å². The van der Waals surface area contributed by atoms with Crippen molar-refractivity contribution in [1.29, 1.82) is 0 Å². The maximum absolute atomic E-state index is 11.8. The minimum absolute atomic E-state index is 0.104. The zero-order valence-electron chi connectivity index (χ0n) is 10.3. The number of aromatic amines is 1. The molecule has 1 heterocycles. The smallest absolute Gasteiger partial charge is 0.337 e. The van der Waals surface area contributed by atoms with E-state index in [-0.39, 0.29) is 17.7 Å². The molecule has 1 fully saturated rings. The van der Waals surface area contributed by atoms with E-state index in [0.29, 0.717) is 18.9 Å². The molecule has 2 N–H and O–H groups in total. The van der Waals surface area contributed by atoms with Crippen LogP contribution in [0.25, 0.3) is 0 Å². The molecule has 0 radical (unpaired) electrons. The van der Waals surface area contributed by atoms with Crippen molar-refractivity contribution in [2.45, 2.75) is 32.6 Å². The van der Waals surface area contributed by atoms with Crippen LogP contribution in [-0.2, 0) is 10.0 Å². The molecule has 0 aromatic carbocycles. The van der Waals surface area contributed by atoms with Gasteiger partial charge in [-0.1, -0.05) is 19.3 Å². The Hall–Kier alpha value is -1.31. The van der Waals surface area contributed by atoms with Crippen LogP contribution in [0.4, 0.5) is 5.95 Å². The van der Waals surface area contributed by atoms with Crippen molar-refractivity contribution in [3.8, 4) is 6.01 Å². The summed E-state index contributed by atoms with van der Waals surface area (Å²) in [6.45, 7) is 2.24. The van der Waals surface area contributed by atoms with Gasteiger partial charge in [0, 0.05) is 0 Å². The summed E-state index contributed by atoms with van der Waals surface area (Å²) >= 11 is 0. The highest BCUT2D eigenvalue weighted by molar-refractivity contribution is 7.92. The van der Waals surface area contributed by atoms with E-state index < -0.39 is 10.0 Å². The lowest BCUT2D eigenvalue weighted by Crippen LogP contribution is -2.22. The monoisotopic (exact) mass is 274 g/mol. The zero-order chi connectivity index (χ0) is 13.0. The van der Waals surface area contributed by atoms with Gasteiger partial charge in [0.05, 0.1) is 12.4 Å². The van der Waals surface area contributed by atoms with Crippen LogP contribution in [0.15, 0.2) is 0 Å². The summed E-state index contributed by atoms with van der Waals surface area (Å²) in [4.78, 5) is 3.87. The lowest BCUT2D eigenvalue weighted by atomic mass is 9.84. The average molecular weight is 274 g/mol. The van der Waals surface area contributed by atoms with E-state index in [0.717, 1.165) is 12.8 Å². The maximum atomic E-state index is 11.8. The molecule has 1 saturated carbocycles. The standard InChI is InChI=1S/C10H18N4O3S/c1-2-17-10-11-9(12-13-10)14-18(15,16)7-6-8-4-3-5-8/h8H,2-7H2,1H3,(H2,11,12,13,14). The minimum Gasteiger partial charge on any atom is -0.463 e. The third-order valence-electron chi connectivity index (χ3n) is 3.01. The van der Waals surface area contributed by atoms with Gasteiger partial charge in [-0.25, -0.2) is 13.5 Å². The van der Waals surface area contributed by atoms with Crippen molar-refractivity contribution >= 4 is 16.0 Å². The quantitative estimate of drug-likeness (QED) is 0.777. The van der Waals surface area contributed by atoms with Crippen LogP contribution in [0.1, 0.15) is 32.6 Å². The highest BCUT2D eigenvalue weighted by atomic mass is 32.2. The summed E-state index contributed by atoms with van der Waals surface area (Å²) in [5, 5.41) is 6.21. The van der Waals surface area contributed by atoms with Gasteiger partial charge in [-0.2, -0.15) is 4.98 Å². The van der Waals surface area contributed by atoms with E-state index in [1.54, 1.807) is 6.92 Å². The second kappa shape index (κ2) is 5.55. The Labute approximate surface area is 106 Å². The largest absolute Gasteiger partial charge is 0.463 e. The molecule has 1 aliphatic carbocycles. The van der Waals surface area contributed by atoms with Crippen molar-refractivity contribution in [1.82, 2.24) is 15.2 Å². The molecule has 7 nitrogen and oxygen atoms in total. The van der Waals surface area contributed by atoms with Crippen molar-refractivity contribution < 1.29 is 13.2 Å². The van der Waals surface area contributed by atoms with Crippen molar-refractivity contribution in [3.05, 3.63) is 0 Å². The summed E-state index contributed by atoms with van der Waals surface area (Å²) in [6, 6.07) is 0.147. The first-order valence-electron chi connectivity index (χ1n) is 6.15. The summed E-state index contributed by atoms with van der Waals surface area (Å²) < 4.78 is 30.9. The van der Waals surface area contributed by atoms with Gasteiger partial charge in [0.15, 0.2) is 0 Å². The number of aromatic nitrogens is 3. The molecule has 102 valence electrons. The number of rotatable bonds is 7. The third kappa shape index (κ3) is 3.59. The minimum atomic E-state index is -3.35. The predicted octanol–water partition coefficient (Wildman–Crippen LogP) is 1.14. The normalized spacial score (nSPS) is 16.3. The van der Waals surface area contributed by atoms with Crippen LogP contribution < -0.4 is 9.46 Å². The second-order valence-corrected chi connectivity index (χ2v) is 6.25. The fourth-order valence-electron chi connectivity index (χ4n) is 1.79. The molecule has 2 rings (SSSR count).